The number of rotatable bonds is 4. The first-order chi connectivity index (χ1) is 11.5. The van der Waals surface area contributed by atoms with Crippen molar-refractivity contribution in [2.75, 3.05) is 0 Å². The first-order valence-corrected chi connectivity index (χ1v) is 9.80. The Morgan fingerprint density at radius 2 is 1.96 bits per heavy atom. The van der Waals surface area contributed by atoms with Gasteiger partial charge in [-0.15, -0.1) is 11.3 Å². The smallest absolute Gasteiger partial charge is 0.255 e. The van der Waals surface area contributed by atoms with Gasteiger partial charge >= 0.3 is 0 Å². The van der Waals surface area contributed by atoms with Gasteiger partial charge in [0.1, 0.15) is 5.01 Å². The highest BCUT2D eigenvalue weighted by Crippen LogP contribution is 2.47. The van der Waals surface area contributed by atoms with Gasteiger partial charge in [-0.1, -0.05) is 6.07 Å². The Morgan fingerprint density at radius 1 is 1.12 bits per heavy atom. The van der Waals surface area contributed by atoms with Crippen molar-refractivity contribution in [2.45, 2.75) is 23.8 Å². The summed E-state index contributed by atoms with van der Waals surface area (Å²) in [5.41, 5.74) is 2.52. The van der Waals surface area contributed by atoms with Gasteiger partial charge in [0.25, 0.3) is 10.0 Å². The number of hydrogen-bond donors (Lipinski definition) is 1. The topological polar surface area (TPSA) is 98.8 Å². The molecule has 1 saturated carbocycles. The Morgan fingerprint density at radius 3 is 2.62 bits per heavy atom. The maximum Gasteiger partial charge on any atom is 0.255 e. The van der Waals surface area contributed by atoms with Crippen LogP contribution in [0.2, 0.25) is 0 Å². The SMILES string of the molecule is NS(=O)(=O)c1cccc(-c2sc(-c3cccnc3)nc2C2CC2)n1. The molecule has 3 aromatic rings. The minimum atomic E-state index is -3.83. The summed E-state index contributed by atoms with van der Waals surface area (Å²) < 4.78 is 23.1. The molecule has 0 amide bonds. The lowest BCUT2D eigenvalue weighted by Crippen LogP contribution is -2.14. The number of hydrogen-bond acceptors (Lipinski definition) is 6. The third kappa shape index (κ3) is 2.95. The molecule has 1 aliphatic rings. The van der Waals surface area contributed by atoms with E-state index in [1.165, 1.54) is 17.4 Å². The van der Waals surface area contributed by atoms with E-state index in [-0.39, 0.29) is 5.03 Å². The minimum absolute atomic E-state index is 0.127. The predicted molar refractivity (Wildman–Crippen MR) is 91.9 cm³/mol. The van der Waals surface area contributed by atoms with E-state index in [0.29, 0.717) is 11.6 Å². The lowest BCUT2D eigenvalue weighted by Gasteiger charge is -2.02. The summed E-state index contributed by atoms with van der Waals surface area (Å²) in [6.07, 6.45) is 5.68. The van der Waals surface area contributed by atoms with Gasteiger partial charge in [0.15, 0.2) is 5.03 Å². The fourth-order valence-corrected chi connectivity index (χ4v) is 4.07. The zero-order valence-corrected chi connectivity index (χ0v) is 14.2. The second-order valence-electron chi connectivity index (χ2n) is 5.66. The fourth-order valence-electron chi connectivity index (χ4n) is 2.46. The van der Waals surface area contributed by atoms with E-state index in [4.69, 9.17) is 10.1 Å². The minimum Gasteiger partial charge on any atom is -0.264 e. The van der Waals surface area contributed by atoms with Crippen LogP contribution in [0.4, 0.5) is 0 Å². The molecule has 0 radical (unpaired) electrons. The van der Waals surface area contributed by atoms with Crippen LogP contribution in [0.25, 0.3) is 21.1 Å². The summed E-state index contributed by atoms with van der Waals surface area (Å²) in [5.74, 6) is 0.418. The summed E-state index contributed by atoms with van der Waals surface area (Å²) in [7, 11) is -3.83. The van der Waals surface area contributed by atoms with E-state index in [9.17, 15) is 8.42 Å². The number of thiazole rings is 1. The molecule has 1 aliphatic carbocycles. The van der Waals surface area contributed by atoms with E-state index in [0.717, 1.165) is 34.0 Å². The number of aromatic nitrogens is 3. The molecule has 0 unspecified atom stereocenters. The highest BCUT2D eigenvalue weighted by molar-refractivity contribution is 7.89. The second-order valence-corrected chi connectivity index (χ2v) is 8.16. The summed E-state index contributed by atoms with van der Waals surface area (Å²) in [6.45, 7) is 0. The molecule has 0 bridgehead atoms. The number of pyridine rings is 2. The maximum atomic E-state index is 11.6. The van der Waals surface area contributed by atoms with Crippen molar-refractivity contribution in [2.24, 2.45) is 5.14 Å². The Hall–Kier alpha value is -2.16. The van der Waals surface area contributed by atoms with E-state index in [1.807, 2.05) is 12.1 Å². The normalized spacial score (nSPS) is 14.7. The van der Waals surface area contributed by atoms with Crippen LogP contribution >= 0.6 is 11.3 Å². The molecule has 0 aromatic carbocycles. The predicted octanol–water partition coefficient (Wildman–Crippen LogP) is 2.79. The molecule has 0 atom stereocenters. The molecular weight excluding hydrogens is 344 g/mol. The Labute approximate surface area is 143 Å². The van der Waals surface area contributed by atoms with E-state index in [2.05, 4.69) is 9.97 Å². The molecule has 24 heavy (non-hydrogen) atoms. The summed E-state index contributed by atoms with van der Waals surface area (Å²) in [5, 5.41) is 5.94. The van der Waals surface area contributed by atoms with Crippen molar-refractivity contribution in [3.8, 4) is 21.1 Å². The monoisotopic (exact) mass is 358 g/mol. The van der Waals surface area contributed by atoms with Crippen LogP contribution in [0.15, 0.2) is 47.8 Å². The van der Waals surface area contributed by atoms with Gasteiger partial charge in [-0.05, 0) is 37.1 Å². The number of sulfonamides is 1. The molecule has 6 nitrogen and oxygen atoms in total. The van der Waals surface area contributed by atoms with Crippen molar-refractivity contribution >= 4 is 21.4 Å². The quantitative estimate of drug-likeness (QED) is 0.773. The number of nitrogens with zero attached hydrogens (tertiary/aromatic N) is 3. The third-order valence-electron chi connectivity index (χ3n) is 3.77. The molecular formula is C16H14N4O2S2. The Balaban J connectivity index is 1.85. The zero-order chi connectivity index (χ0) is 16.7. The van der Waals surface area contributed by atoms with Crippen LogP contribution in [0.5, 0.6) is 0 Å². The van der Waals surface area contributed by atoms with Gasteiger partial charge in [-0.25, -0.2) is 23.5 Å². The van der Waals surface area contributed by atoms with E-state index < -0.39 is 10.0 Å². The standard InChI is InChI=1S/C16H14N4O2S2/c17-24(21,22)13-5-1-4-12(19-13)15-14(10-6-7-10)20-16(23-15)11-3-2-8-18-9-11/h1-5,8-10H,6-7H2,(H2,17,21,22). The van der Waals surface area contributed by atoms with Crippen molar-refractivity contribution in [1.29, 1.82) is 0 Å². The lowest BCUT2D eigenvalue weighted by atomic mass is 10.2. The van der Waals surface area contributed by atoms with Crippen LogP contribution in [-0.4, -0.2) is 23.4 Å². The van der Waals surface area contributed by atoms with Crippen molar-refractivity contribution < 1.29 is 8.42 Å². The van der Waals surface area contributed by atoms with Gasteiger partial charge in [0.2, 0.25) is 0 Å². The molecule has 0 saturated heterocycles. The van der Waals surface area contributed by atoms with E-state index in [1.54, 1.807) is 24.5 Å². The summed E-state index contributed by atoms with van der Waals surface area (Å²) >= 11 is 1.50. The van der Waals surface area contributed by atoms with Crippen LogP contribution in [0, 0.1) is 0 Å². The summed E-state index contributed by atoms with van der Waals surface area (Å²) in [4.78, 5) is 14.0. The average molecular weight is 358 g/mol. The highest BCUT2D eigenvalue weighted by Gasteiger charge is 2.31. The van der Waals surface area contributed by atoms with Crippen molar-refractivity contribution in [3.05, 3.63) is 48.4 Å². The number of nitrogens with two attached hydrogens (primary N) is 1. The first-order valence-electron chi connectivity index (χ1n) is 7.44. The first kappa shape index (κ1) is 15.4. The third-order valence-corrected chi connectivity index (χ3v) is 5.73. The largest absolute Gasteiger partial charge is 0.264 e. The fraction of sp³-hybridized carbons (Fsp3) is 0.188. The molecule has 4 rings (SSSR count). The van der Waals surface area contributed by atoms with Gasteiger partial charge in [-0.2, -0.15) is 0 Å². The van der Waals surface area contributed by atoms with Crippen LogP contribution in [-0.2, 0) is 10.0 Å². The summed E-state index contributed by atoms with van der Waals surface area (Å²) in [6, 6.07) is 8.68. The maximum absolute atomic E-state index is 11.6. The molecule has 3 heterocycles. The molecule has 1 fully saturated rings. The van der Waals surface area contributed by atoms with Gasteiger partial charge in [0, 0.05) is 23.9 Å². The second kappa shape index (κ2) is 5.73. The highest BCUT2D eigenvalue weighted by atomic mass is 32.2. The molecule has 3 aromatic heterocycles. The van der Waals surface area contributed by atoms with Crippen LogP contribution in [0.3, 0.4) is 0 Å². The van der Waals surface area contributed by atoms with Gasteiger partial charge in [-0.3, -0.25) is 4.98 Å². The Bertz CT molecular complexity index is 996. The Kier molecular flexibility index (Phi) is 3.67. The van der Waals surface area contributed by atoms with Crippen LogP contribution in [0.1, 0.15) is 24.5 Å². The van der Waals surface area contributed by atoms with Crippen LogP contribution < -0.4 is 5.14 Å². The molecule has 122 valence electrons. The molecule has 0 spiro atoms. The average Bonchev–Trinajstić information content (AvgIpc) is 3.33. The van der Waals surface area contributed by atoms with Gasteiger partial charge < -0.3 is 0 Å². The number of primary sulfonamides is 1. The van der Waals surface area contributed by atoms with Crippen molar-refractivity contribution in [1.82, 2.24) is 15.0 Å². The van der Waals surface area contributed by atoms with E-state index >= 15 is 0 Å². The van der Waals surface area contributed by atoms with Gasteiger partial charge in [0.05, 0.1) is 16.3 Å². The molecule has 0 aliphatic heterocycles. The zero-order valence-electron chi connectivity index (χ0n) is 12.6. The lowest BCUT2D eigenvalue weighted by molar-refractivity contribution is 0.594. The molecule has 2 N–H and O–H groups in total. The molecule has 8 heteroatoms. The van der Waals surface area contributed by atoms with Crippen molar-refractivity contribution in [3.63, 3.8) is 0 Å².